The lowest BCUT2D eigenvalue weighted by Crippen LogP contribution is -2.31. The molecule has 0 spiro atoms. The molecule has 2 N–H and O–H groups in total. The molecule has 0 aliphatic heterocycles. The topological polar surface area (TPSA) is 94.2 Å². The number of aromatic nitrogens is 4. The number of carbonyl (C=O) groups excluding carboxylic acids is 1. The fraction of sp³-hybridized carbons (Fsp3) is 0.136. The highest BCUT2D eigenvalue weighted by molar-refractivity contribution is 5.95. The van der Waals surface area contributed by atoms with Crippen molar-refractivity contribution < 1.29 is 14.6 Å². The van der Waals surface area contributed by atoms with Crippen molar-refractivity contribution in [2.45, 2.75) is 6.04 Å². The van der Waals surface area contributed by atoms with Crippen LogP contribution in [0.3, 0.4) is 0 Å². The number of imidazole rings is 1. The molecule has 2 aromatic carbocycles. The SMILES string of the molecule is COc1ccc(C(NC(=O)c2nn(-c3ccccc3)cc2O)c2nccn2C)cc1. The number of nitrogens with zero attached hydrogens (tertiary/aromatic N) is 4. The van der Waals surface area contributed by atoms with E-state index in [2.05, 4.69) is 15.4 Å². The van der Waals surface area contributed by atoms with Gasteiger partial charge in [0.25, 0.3) is 5.91 Å². The number of rotatable bonds is 6. The average molecular weight is 403 g/mol. The number of para-hydroxylation sites is 1. The van der Waals surface area contributed by atoms with Crippen LogP contribution in [0.5, 0.6) is 11.5 Å². The number of ether oxygens (including phenoxy) is 1. The molecule has 0 aliphatic carbocycles. The number of benzene rings is 2. The maximum absolute atomic E-state index is 13.0. The first-order valence-electron chi connectivity index (χ1n) is 9.33. The number of nitrogens with one attached hydrogen (secondary N) is 1. The Hall–Kier alpha value is -4.07. The molecule has 8 nitrogen and oxygen atoms in total. The Morgan fingerprint density at radius 1 is 1.13 bits per heavy atom. The number of amides is 1. The molecule has 0 fully saturated rings. The fourth-order valence-electron chi connectivity index (χ4n) is 3.19. The first-order valence-corrected chi connectivity index (χ1v) is 9.33. The van der Waals surface area contributed by atoms with Crippen LogP contribution in [0.1, 0.15) is 27.9 Å². The molecule has 2 aromatic heterocycles. The van der Waals surface area contributed by atoms with Gasteiger partial charge in [-0.2, -0.15) is 5.10 Å². The Kier molecular flexibility index (Phi) is 5.21. The van der Waals surface area contributed by atoms with Gasteiger partial charge in [0, 0.05) is 19.4 Å². The van der Waals surface area contributed by atoms with Gasteiger partial charge in [-0.25, -0.2) is 9.67 Å². The molecule has 4 rings (SSSR count). The second-order valence-corrected chi connectivity index (χ2v) is 6.72. The van der Waals surface area contributed by atoms with Crippen LogP contribution in [0, 0.1) is 0 Å². The summed E-state index contributed by atoms with van der Waals surface area (Å²) in [5.74, 6) is 0.647. The van der Waals surface area contributed by atoms with Gasteiger partial charge in [0.2, 0.25) is 0 Å². The van der Waals surface area contributed by atoms with Crippen molar-refractivity contribution in [1.82, 2.24) is 24.6 Å². The summed E-state index contributed by atoms with van der Waals surface area (Å²) >= 11 is 0. The molecule has 2 heterocycles. The highest BCUT2D eigenvalue weighted by Crippen LogP contribution is 2.25. The predicted octanol–water partition coefficient (Wildman–Crippen LogP) is 2.84. The van der Waals surface area contributed by atoms with E-state index in [0.29, 0.717) is 11.6 Å². The molecule has 0 radical (unpaired) electrons. The zero-order valence-electron chi connectivity index (χ0n) is 16.6. The Morgan fingerprint density at radius 2 is 1.87 bits per heavy atom. The van der Waals surface area contributed by atoms with Crippen LogP contribution in [0.4, 0.5) is 0 Å². The molecule has 8 heteroatoms. The molecule has 0 aliphatic rings. The molecule has 152 valence electrons. The fourth-order valence-corrected chi connectivity index (χ4v) is 3.19. The molecule has 30 heavy (non-hydrogen) atoms. The number of hydrogen-bond donors (Lipinski definition) is 2. The minimum absolute atomic E-state index is 0.0634. The number of carbonyl (C=O) groups is 1. The van der Waals surface area contributed by atoms with Crippen molar-refractivity contribution >= 4 is 5.91 Å². The zero-order chi connectivity index (χ0) is 21.1. The molecule has 0 saturated carbocycles. The van der Waals surface area contributed by atoms with Gasteiger partial charge in [0.15, 0.2) is 11.4 Å². The Labute approximate surface area is 173 Å². The molecular formula is C22H21N5O3. The second kappa shape index (κ2) is 8.12. The maximum Gasteiger partial charge on any atom is 0.276 e. The van der Waals surface area contributed by atoms with Gasteiger partial charge in [-0.15, -0.1) is 0 Å². The molecule has 1 amide bonds. The summed E-state index contributed by atoms with van der Waals surface area (Å²) in [6.45, 7) is 0. The number of aromatic hydroxyl groups is 1. The van der Waals surface area contributed by atoms with E-state index in [4.69, 9.17) is 4.74 Å². The van der Waals surface area contributed by atoms with Crippen molar-refractivity contribution in [3.8, 4) is 17.2 Å². The largest absolute Gasteiger partial charge is 0.504 e. The van der Waals surface area contributed by atoms with Gasteiger partial charge in [-0.1, -0.05) is 30.3 Å². The van der Waals surface area contributed by atoms with E-state index in [0.717, 1.165) is 11.3 Å². The van der Waals surface area contributed by atoms with Gasteiger partial charge in [0.05, 0.1) is 19.0 Å². The van der Waals surface area contributed by atoms with E-state index >= 15 is 0 Å². The molecule has 4 aromatic rings. The first kappa shape index (κ1) is 19.3. The monoisotopic (exact) mass is 403 g/mol. The van der Waals surface area contributed by atoms with Crippen LogP contribution in [-0.2, 0) is 7.05 Å². The van der Waals surface area contributed by atoms with Crippen molar-refractivity contribution in [3.05, 3.63) is 90.3 Å². The Morgan fingerprint density at radius 3 is 2.50 bits per heavy atom. The van der Waals surface area contributed by atoms with E-state index < -0.39 is 11.9 Å². The van der Waals surface area contributed by atoms with Crippen molar-refractivity contribution in [3.63, 3.8) is 0 Å². The number of hydrogen-bond acceptors (Lipinski definition) is 5. The second-order valence-electron chi connectivity index (χ2n) is 6.72. The van der Waals surface area contributed by atoms with Crippen molar-refractivity contribution in [1.29, 1.82) is 0 Å². The maximum atomic E-state index is 13.0. The summed E-state index contributed by atoms with van der Waals surface area (Å²) in [7, 11) is 3.45. The smallest absolute Gasteiger partial charge is 0.276 e. The van der Waals surface area contributed by atoms with Crippen LogP contribution < -0.4 is 10.1 Å². The van der Waals surface area contributed by atoms with E-state index in [1.807, 2.05) is 66.2 Å². The van der Waals surface area contributed by atoms with Gasteiger partial charge in [-0.3, -0.25) is 4.79 Å². The lowest BCUT2D eigenvalue weighted by atomic mass is 10.1. The summed E-state index contributed by atoms with van der Waals surface area (Å²) in [4.78, 5) is 17.4. The molecule has 0 bridgehead atoms. The number of aryl methyl sites for hydroxylation is 1. The summed E-state index contributed by atoms with van der Waals surface area (Å²) in [5.41, 5.74) is 1.50. The minimum atomic E-state index is -0.537. The van der Waals surface area contributed by atoms with Crippen LogP contribution in [0.2, 0.25) is 0 Å². The van der Waals surface area contributed by atoms with Gasteiger partial charge < -0.3 is 19.7 Å². The third-order valence-corrected chi connectivity index (χ3v) is 4.77. The van der Waals surface area contributed by atoms with Crippen molar-refractivity contribution in [2.75, 3.05) is 7.11 Å². The molecule has 0 saturated heterocycles. The third kappa shape index (κ3) is 3.75. The van der Waals surface area contributed by atoms with Gasteiger partial charge >= 0.3 is 0 Å². The lowest BCUT2D eigenvalue weighted by molar-refractivity contribution is 0.0933. The van der Waals surface area contributed by atoms with E-state index in [9.17, 15) is 9.90 Å². The minimum Gasteiger partial charge on any atom is -0.504 e. The van der Waals surface area contributed by atoms with Crippen LogP contribution in [-0.4, -0.2) is 37.5 Å². The molecular weight excluding hydrogens is 382 g/mol. The Balaban J connectivity index is 1.65. The van der Waals surface area contributed by atoms with Crippen LogP contribution in [0.15, 0.2) is 73.2 Å². The van der Waals surface area contributed by atoms with Gasteiger partial charge in [0.1, 0.15) is 17.6 Å². The first-order chi connectivity index (χ1) is 14.6. The zero-order valence-corrected chi connectivity index (χ0v) is 16.6. The normalized spacial score (nSPS) is 11.8. The standard InChI is InChI=1S/C22H21N5O3/c1-26-13-12-23-21(26)19(15-8-10-17(30-2)11-9-15)24-22(29)20-18(28)14-27(25-20)16-6-4-3-5-7-16/h3-14,19,28H,1-2H3,(H,24,29). The highest BCUT2D eigenvalue weighted by atomic mass is 16.5. The number of methoxy groups -OCH3 is 1. The van der Waals surface area contributed by atoms with Crippen LogP contribution in [0.25, 0.3) is 5.69 Å². The highest BCUT2D eigenvalue weighted by Gasteiger charge is 2.25. The molecule has 1 atom stereocenters. The van der Waals surface area contributed by atoms with E-state index in [-0.39, 0.29) is 11.4 Å². The summed E-state index contributed by atoms with van der Waals surface area (Å²) in [6.07, 6.45) is 4.88. The average Bonchev–Trinajstić information content (AvgIpc) is 3.38. The van der Waals surface area contributed by atoms with Crippen LogP contribution >= 0.6 is 0 Å². The van der Waals surface area contributed by atoms with E-state index in [1.165, 1.54) is 10.9 Å². The summed E-state index contributed by atoms with van der Waals surface area (Å²) in [5, 5.41) is 17.5. The third-order valence-electron chi connectivity index (χ3n) is 4.77. The molecule has 1 unspecified atom stereocenters. The summed E-state index contributed by atoms with van der Waals surface area (Å²) in [6, 6.07) is 16.1. The summed E-state index contributed by atoms with van der Waals surface area (Å²) < 4.78 is 8.52. The Bertz CT molecular complexity index is 1150. The lowest BCUT2D eigenvalue weighted by Gasteiger charge is -2.19. The van der Waals surface area contributed by atoms with E-state index in [1.54, 1.807) is 19.5 Å². The van der Waals surface area contributed by atoms with Gasteiger partial charge in [-0.05, 0) is 29.8 Å². The quantitative estimate of drug-likeness (QED) is 0.516. The van der Waals surface area contributed by atoms with Crippen molar-refractivity contribution in [2.24, 2.45) is 7.05 Å². The predicted molar refractivity (Wildman–Crippen MR) is 111 cm³/mol.